The molecule has 0 bridgehead atoms. The van der Waals surface area contributed by atoms with Gasteiger partial charge in [-0.3, -0.25) is 4.98 Å². The Morgan fingerprint density at radius 3 is 2.31 bits per heavy atom. The molecular formula is C29H30N4O2. The van der Waals surface area contributed by atoms with E-state index in [0.717, 1.165) is 78.2 Å². The first-order chi connectivity index (χ1) is 17.2. The summed E-state index contributed by atoms with van der Waals surface area (Å²) in [5, 5.41) is 10.3. The third-order valence-corrected chi connectivity index (χ3v) is 6.99. The number of methoxy groups -OCH3 is 2. The van der Waals surface area contributed by atoms with Crippen molar-refractivity contribution in [1.82, 2.24) is 14.5 Å². The zero-order valence-electron chi connectivity index (χ0n) is 20.3. The summed E-state index contributed by atoms with van der Waals surface area (Å²) in [4.78, 5) is 7.03. The summed E-state index contributed by atoms with van der Waals surface area (Å²) in [5.74, 6) is 1.89. The summed E-state index contributed by atoms with van der Waals surface area (Å²) in [7, 11) is 3.38. The summed E-state index contributed by atoms with van der Waals surface area (Å²) in [5.41, 5.74) is 5.56. The molecule has 3 heterocycles. The quantitative estimate of drug-likeness (QED) is 0.354. The van der Waals surface area contributed by atoms with E-state index in [4.69, 9.17) is 9.47 Å². The number of nitriles is 1. The van der Waals surface area contributed by atoms with E-state index in [1.807, 2.05) is 30.6 Å². The van der Waals surface area contributed by atoms with Crippen molar-refractivity contribution >= 4 is 10.9 Å². The Kier molecular flexibility index (Phi) is 6.69. The van der Waals surface area contributed by atoms with Crippen molar-refractivity contribution in [3.8, 4) is 39.8 Å². The third-order valence-electron chi connectivity index (χ3n) is 6.99. The van der Waals surface area contributed by atoms with E-state index in [2.05, 4.69) is 57.0 Å². The van der Waals surface area contributed by atoms with Crippen LogP contribution in [0.3, 0.4) is 0 Å². The molecule has 0 unspecified atom stereocenters. The number of hydrogen-bond donors (Lipinski definition) is 0. The van der Waals surface area contributed by atoms with Gasteiger partial charge in [0.25, 0.3) is 0 Å². The van der Waals surface area contributed by atoms with Crippen LogP contribution in [-0.2, 0) is 6.54 Å². The minimum absolute atomic E-state index is 0.211. The van der Waals surface area contributed by atoms with Crippen LogP contribution in [0.4, 0.5) is 0 Å². The lowest BCUT2D eigenvalue weighted by molar-refractivity contribution is 0.200. The van der Waals surface area contributed by atoms with Crippen LogP contribution in [0.1, 0.15) is 12.8 Å². The Hall–Kier alpha value is -3.82. The molecule has 1 aliphatic rings. The number of likely N-dealkylation sites (tertiary alicyclic amines) is 1. The van der Waals surface area contributed by atoms with Crippen LogP contribution in [0.25, 0.3) is 33.2 Å². The SMILES string of the molecule is COc1ccc(-c2cncc(-c3cn(CCN4CCC(C#N)CC4)c4ccc(OC)cc34)c2)cc1. The monoisotopic (exact) mass is 466 g/mol. The van der Waals surface area contributed by atoms with Gasteiger partial charge in [-0.05, 0) is 67.9 Å². The van der Waals surface area contributed by atoms with E-state index in [-0.39, 0.29) is 5.92 Å². The summed E-state index contributed by atoms with van der Waals surface area (Å²) in [6.07, 6.45) is 8.00. The Labute approximate surface area is 206 Å². The molecule has 0 spiro atoms. The molecule has 0 amide bonds. The lowest BCUT2D eigenvalue weighted by atomic mass is 9.99. The van der Waals surface area contributed by atoms with Crippen LogP contribution in [-0.4, -0.2) is 48.3 Å². The topological polar surface area (TPSA) is 63.3 Å². The molecule has 1 saturated heterocycles. The van der Waals surface area contributed by atoms with Gasteiger partial charge in [0.2, 0.25) is 0 Å². The van der Waals surface area contributed by atoms with Gasteiger partial charge in [-0.1, -0.05) is 12.1 Å². The number of aromatic nitrogens is 2. The highest BCUT2D eigenvalue weighted by Crippen LogP contribution is 2.35. The van der Waals surface area contributed by atoms with E-state index in [1.165, 1.54) is 5.52 Å². The van der Waals surface area contributed by atoms with Crippen molar-refractivity contribution in [3.63, 3.8) is 0 Å². The minimum atomic E-state index is 0.211. The van der Waals surface area contributed by atoms with Crippen LogP contribution < -0.4 is 9.47 Å². The average molecular weight is 467 g/mol. The van der Waals surface area contributed by atoms with Gasteiger partial charge in [-0.2, -0.15) is 5.26 Å². The molecule has 0 saturated carbocycles. The number of hydrogen-bond acceptors (Lipinski definition) is 5. The lowest BCUT2D eigenvalue weighted by Gasteiger charge is -2.29. The Morgan fingerprint density at radius 1 is 0.886 bits per heavy atom. The maximum atomic E-state index is 9.18. The minimum Gasteiger partial charge on any atom is -0.497 e. The van der Waals surface area contributed by atoms with Gasteiger partial charge in [0.15, 0.2) is 0 Å². The van der Waals surface area contributed by atoms with Gasteiger partial charge in [-0.15, -0.1) is 0 Å². The maximum absolute atomic E-state index is 9.18. The van der Waals surface area contributed by atoms with Gasteiger partial charge < -0.3 is 18.9 Å². The molecule has 0 aliphatic carbocycles. The fraction of sp³-hybridized carbons (Fsp3) is 0.310. The smallest absolute Gasteiger partial charge is 0.119 e. The zero-order valence-corrected chi connectivity index (χ0v) is 20.3. The predicted octanol–water partition coefficient (Wildman–Crippen LogP) is 5.62. The largest absolute Gasteiger partial charge is 0.497 e. The summed E-state index contributed by atoms with van der Waals surface area (Å²) in [6.45, 7) is 3.85. The molecule has 4 aromatic rings. The molecule has 178 valence electrons. The lowest BCUT2D eigenvalue weighted by Crippen LogP contribution is -2.35. The molecule has 1 fully saturated rings. The van der Waals surface area contributed by atoms with Crippen LogP contribution in [0.2, 0.25) is 0 Å². The average Bonchev–Trinajstić information content (AvgIpc) is 3.30. The van der Waals surface area contributed by atoms with Crippen molar-refractivity contribution in [2.24, 2.45) is 5.92 Å². The first kappa shape index (κ1) is 22.9. The first-order valence-electron chi connectivity index (χ1n) is 12.1. The fourth-order valence-electron chi connectivity index (χ4n) is 4.88. The van der Waals surface area contributed by atoms with E-state index >= 15 is 0 Å². The van der Waals surface area contributed by atoms with Crippen molar-refractivity contribution in [2.45, 2.75) is 19.4 Å². The third kappa shape index (κ3) is 4.87. The van der Waals surface area contributed by atoms with Gasteiger partial charge in [-0.25, -0.2) is 0 Å². The van der Waals surface area contributed by atoms with E-state index in [9.17, 15) is 5.26 Å². The fourth-order valence-corrected chi connectivity index (χ4v) is 4.88. The molecule has 1 aliphatic heterocycles. The molecular weight excluding hydrogens is 436 g/mol. The van der Waals surface area contributed by atoms with Crippen molar-refractivity contribution in [2.75, 3.05) is 33.9 Å². The highest BCUT2D eigenvalue weighted by molar-refractivity contribution is 5.97. The number of benzene rings is 2. The van der Waals surface area contributed by atoms with Gasteiger partial charge in [0.05, 0.1) is 20.3 Å². The van der Waals surface area contributed by atoms with Crippen LogP contribution >= 0.6 is 0 Å². The maximum Gasteiger partial charge on any atom is 0.119 e. The molecule has 6 nitrogen and oxygen atoms in total. The number of nitrogens with zero attached hydrogens (tertiary/aromatic N) is 4. The highest BCUT2D eigenvalue weighted by atomic mass is 16.5. The molecule has 0 radical (unpaired) electrons. The normalized spacial score (nSPS) is 14.7. The van der Waals surface area contributed by atoms with Gasteiger partial charge in [0, 0.05) is 65.2 Å². The van der Waals surface area contributed by atoms with Gasteiger partial charge in [0.1, 0.15) is 11.5 Å². The molecule has 6 heteroatoms. The molecule has 0 N–H and O–H groups in total. The van der Waals surface area contributed by atoms with Crippen molar-refractivity contribution in [3.05, 3.63) is 67.1 Å². The van der Waals surface area contributed by atoms with Crippen LogP contribution in [0.5, 0.6) is 11.5 Å². The highest BCUT2D eigenvalue weighted by Gasteiger charge is 2.19. The summed E-state index contributed by atoms with van der Waals surface area (Å²) < 4.78 is 13.2. The Balaban J connectivity index is 1.46. The number of pyridine rings is 1. The number of piperidine rings is 1. The zero-order chi connectivity index (χ0) is 24.2. The molecule has 2 aromatic heterocycles. The number of rotatable bonds is 7. The van der Waals surface area contributed by atoms with Crippen LogP contribution in [0.15, 0.2) is 67.1 Å². The van der Waals surface area contributed by atoms with Gasteiger partial charge >= 0.3 is 0 Å². The second kappa shape index (κ2) is 10.2. The Morgan fingerprint density at radius 2 is 1.60 bits per heavy atom. The molecule has 2 aromatic carbocycles. The number of fused-ring (bicyclic) bond motifs is 1. The molecule has 5 rings (SSSR count). The molecule has 35 heavy (non-hydrogen) atoms. The van der Waals surface area contributed by atoms with Crippen molar-refractivity contribution < 1.29 is 9.47 Å². The second-order valence-electron chi connectivity index (χ2n) is 9.06. The van der Waals surface area contributed by atoms with E-state index < -0.39 is 0 Å². The van der Waals surface area contributed by atoms with E-state index in [1.54, 1.807) is 14.2 Å². The molecule has 0 atom stereocenters. The summed E-state index contributed by atoms with van der Waals surface area (Å²) >= 11 is 0. The van der Waals surface area contributed by atoms with E-state index in [0.29, 0.717) is 0 Å². The first-order valence-corrected chi connectivity index (χ1v) is 12.1. The number of ether oxygens (including phenoxy) is 2. The predicted molar refractivity (Wildman–Crippen MR) is 138 cm³/mol. The van der Waals surface area contributed by atoms with Crippen LogP contribution in [0, 0.1) is 17.2 Å². The standard InChI is InChI=1S/C29H30N4O2/c1-34-25-5-3-22(4-6-25)23-15-24(19-31-18-23)28-20-33(29-8-7-26(35-2)16-27(28)29)14-13-32-11-9-21(17-30)10-12-32/h3-8,15-16,18-21H,9-14H2,1-2H3. The van der Waals surface area contributed by atoms with Crippen molar-refractivity contribution in [1.29, 1.82) is 5.26 Å². The Bertz CT molecular complexity index is 1350. The summed E-state index contributed by atoms with van der Waals surface area (Å²) in [6, 6.07) is 18.9. The second-order valence-corrected chi connectivity index (χ2v) is 9.06.